The minimum atomic E-state index is -0.534. The van der Waals surface area contributed by atoms with E-state index >= 15 is 0 Å². The lowest BCUT2D eigenvalue weighted by molar-refractivity contribution is -0.143. The van der Waals surface area contributed by atoms with Crippen LogP contribution in [0.2, 0.25) is 0 Å². The predicted octanol–water partition coefficient (Wildman–Crippen LogP) is 4.79. The third kappa shape index (κ3) is 4.88. The van der Waals surface area contributed by atoms with Crippen molar-refractivity contribution in [2.24, 2.45) is 0 Å². The first kappa shape index (κ1) is 22.3. The summed E-state index contributed by atoms with van der Waals surface area (Å²) in [5.41, 5.74) is 6.98. The maximum absolute atomic E-state index is 13.0. The minimum Gasteiger partial charge on any atom is -0.459 e. The molecule has 0 saturated carbocycles. The van der Waals surface area contributed by atoms with Gasteiger partial charge in [-0.25, -0.2) is 0 Å². The molecule has 2 heterocycles. The van der Waals surface area contributed by atoms with Crippen LogP contribution in [0.4, 0.5) is 5.69 Å². The zero-order valence-corrected chi connectivity index (χ0v) is 18.9. The molecule has 0 spiro atoms. The highest BCUT2D eigenvalue weighted by Crippen LogP contribution is 2.40. The average Bonchev–Trinajstić information content (AvgIpc) is 3.25. The van der Waals surface area contributed by atoms with Crippen LogP contribution in [0.15, 0.2) is 78.8 Å². The number of allylic oxidation sites excluding steroid dienone is 1. The third-order valence-corrected chi connectivity index (χ3v) is 6.30. The zero-order valence-electron chi connectivity index (χ0n) is 18.9. The SMILES string of the molecule is O=C(Nc1cccnc1)C1=C[C@H](c2ccc3c(c2)Cc2ccccc2-3)C[C@H](OCCCCO)O1. The van der Waals surface area contributed by atoms with Crippen molar-refractivity contribution in [3.05, 3.63) is 95.5 Å². The molecular weight excluding hydrogens is 428 g/mol. The van der Waals surface area contributed by atoms with Crippen LogP contribution in [0, 0.1) is 0 Å². The molecule has 2 N–H and O–H groups in total. The normalized spacial score (nSPS) is 18.4. The summed E-state index contributed by atoms with van der Waals surface area (Å²) in [5, 5.41) is 11.9. The van der Waals surface area contributed by atoms with Crippen LogP contribution in [0.5, 0.6) is 0 Å². The molecule has 2 aromatic carbocycles. The Morgan fingerprint density at radius 3 is 2.82 bits per heavy atom. The summed E-state index contributed by atoms with van der Waals surface area (Å²) < 4.78 is 11.9. The number of nitrogens with zero attached hydrogens (tertiary/aromatic N) is 1. The second-order valence-corrected chi connectivity index (χ2v) is 8.67. The molecule has 34 heavy (non-hydrogen) atoms. The molecule has 1 amide bonds. The molecule has 1 aliphatic carbocycles. The van der Waals surface area contributed by atoms with Crippen molar-refractivity contribution in [2.45, 2.75) is 37.9 Å². The number of ether oxygens (including phenoxy) is 2. The summed E-state index contributed by atoms with van der Waals surface area (Å²) in [6.07, 6.45) is 7.56. The topological polar surface area (TPSA) is 80.7 Å². The highest BCUT2D eigenvalue weighted by molar-refractivity contribution is 6.02. The second kappa shape index (κ2) is 10.2. The van der Waals surface area contributed by atoms with Crippen molar-refractivity contribution < 1.29 is 19.4 Å². The van der Waals surface area contributed by atoms with Crippen molar-refractivity contribution in [1.29, 1.82) is 0 Å². The van der Waals surface area contributed by atoms with Crippen molar-refractivity contribution in [1.82, 2.24) is 4.98 Å². The van der Waals surface area contributed by atoms with Crippen molar-refractivity contribution in [3.8, 4) is 11.1 Å². The average molecular weight is 457 g/mol. The molecule has 0 fully saturated rings. The van der Waals surface area contributed by atoms with Gasteiger partial charge in [-0.2, -0.15) is 0 Å². The Balaban J connectivity index is 1.38. The van der Waals surface area contributed by atoms with Crippen molar-refractivity contribution >= 4 is 11.6 Å². The summed E-state index contributed by atoms with van der Waals surface area (Å²) in [5.74, 6) is -0.0912. The number of nitrogens with one attached hydrogen (secondary N) is 1. The predicted molar refractivity (Wildman–Crippen MR) is 130 cm³/mol. The van der Waals surface area contributed by atoms with Gasteiger partial charge < -0.3 is 19.9 Å². The molecule has 2 atom stereocenters. The van der Waals surface area contributed by atoms with E-state index in [2.05, 4.69) is 52.8 Å². The Bertz CT molecular complexity index is 1190. The lowest BCUT2D eigenvalue weighted by Crippen LogP contribution is -2.29. The van der Waals surface area contributed by atoms with E-state index in [0.717, 1.165) is 18.4 Å². The smallest absolute Gasteiger partial charge is 0.290 e. The van der Waals surface area contributed by atoms with Crippen molar-refractivity contribution in [3.63, 3.8) is 0 Å². The molecular formula is C28H28N2O4. The Kier molecular flexibility index (Phi) is 6.70. The van der Waals surface area contributed by atoms with Crippen molar-refractivity contribution in [2.75, 3.05) is 18.5 Å². The van der Waals surface area contributed by atoms with Gasteiger partial charge in [0.05, 0.1) is 18.5 Å². The quantitative estimate of drug-likeness (QED) is 0.373. The highest BCUT2D eigenvalue weighted by Gasteiger charge is 2.30. The van der Waals surface area contributed by atoms with Gasteiger partial charge in [-0.1, -0.05) is 42.5 Å². The molecule has 5 rings (SSSR count). The van der Waals surface area contributed by atoms with Gasteiger partial charge in [0, 0.05) is 25.1 Å². The molecule has 0 unspecified atom stereocenters. The number of pyridine rings is 1. The molecule has 0 saturated heterocycles. The lowest BCUT2D eigenvalue weighted by Gasteiger charge is -2.29. The molecule has 174 valence electrons. The number of aliphatic hydroxyl groups excluding tert-OH is 1. The van der Waals surface area contributed by atoms with E-state index in [0.29, 0.717) is 25.1 Å². The number of unbranched alkanes of at least 4 members (excludes halogenated alkanes) is 1. The van der Waals surface area contributed by atoms with Crippen LogP contribution >= 0.6 is 0 Å². The molecule has 3 aromatic rings. The first-order valence-electron chi connectivity index (χ1n) is 11.7. The van der Waals surface area contributed by atoms with Crippen LogP contribution < -0.4 is 5.32 Å². The van der Waals surface area contributed by atoms with E-state index in [1.165, 1.54) is 22.3 Å². The lowest BCUT2D eigenvalue weighted by atomic mass is 9.90. The number of hydrogen-bond acceptors (Lipinski definition) is 5. The fourth-order valence-corrected chi connectivity index (χ4v) is 4.60. The van der Waals surface area contributed by atoms with Gasteiger partial charge in [0.25, 0.3) is 5.91 Å². The van der Waals surface area contributed by atoms with E-state index in [-0.39, 0.29) is 24.2 Å². The Hall–Kier alpha value is -3.48. The van der Waals surface area contributed by atoms with Crippen LogP contribution in [0.1, 0.15) is 41.9 Å². The summed E-state index contributed by atoms with van der Waals surface area (Å²) in [6.45, 7) is 0.600. The van der Waals surface area contributed by atoms with E-state index in [4.69, 9.17) is 14.6 Å². The molecule has 2 aliphatic rings. The number of amides is 1. The molecule has 6 nitrogen and oxygen atoms in total. The number of benzene rings is 2. The van der Waals surface area contributed by atoms with E-state index in [1.54, 1.807) is 24.5 Å². The summed E-state index contributed by atoms with van der Waals surface area (Å²) in [7, 11) is 0. The Morgan fingerprint density at radius 2 is 1.97 bits per heavy atom. The van der Waals surface area contributed by atoms with Crippen LogP contribution in [0.25, 0.3) is 11.1 Å². The largest absolute Gasteiger partial charge is 0.459 e. The maximum Gasteiger partial charge on any atom is 0.290 e. The highest BCUT2D eigenvalue weighted by atomic mass is 16.7. The summed E-state index contributed by atoms with van der Waals surface area (Å²) >= 11 is 0. The molecule has 0 radical (unpaired) electrons. The fraction of sp³-hybridized carbons (Fsp3) is 0.286. The molecule has 6 heteroatoms. The number of hydrogen-bond donors (Lipinski definition) is 2. The molecule has 1 aromatic heterocycles. The number of carbonyl (C=O) groups excluding carboxylic acids is 1. The van der Waals surface area contributed by atoms with E-state index in [1.807, 2.05) is 6.08 Å². The van der Waals surface area contributed by atoms with Gasteiger partial charge in [0.1, 0.15) is 0 Å². The summed E-state index contributed by atoms with van der Waals surface area (Å²) in [6, 6.07) is 18.7. The van der Waals surface area contributed by atoms with Crippen LogP contribution in [-0.4, -0.2) is 35.5 Å². The molecule has 1 aliphatic heterocycles. The van der Waals surface area contributed by atoms with Gasteiger partial charge in [-0.15, -0.1) is 0 Å². The number of aliphatic hydroxyl groups is 1. The minimum absolute atomic E-state index is 0.0137. The first-order chi connectivity index (χ1) is 16.7. The van der Waals surface area contributed by atoms with Gasteiger partial charge in [-0.05, 0) is 65.3 Å². The van der Waals surface area contributed by atoms with E-state index < -0.39 is 6.29 Å². The standard InChI is InChI=1S/C28H28N2O4/c31-12-3-4-13-33-27-17-21(16-26(34-27)28(32)30-23-7-5-11-29-18-23)19-9-10-25-22(14-19)15-20-6-1-2-8-24(20)25/h1-2,5-11,14,16,18,21,27,31H,3-4,12-13,15,17H2,(H,30,32)/t21-,27+/m0/s1. The van der Waals surface area contributed by atoms with Gasteiger partial charge >= 0.3 is 0 Å². The fourth-order valence-electron chi connectivity index (χ4n) is 4.60. The first-order valence-corrected chi connectivity index (χ1v) is 11.7. The number of fused-ring (bicyclic) bond motifs is 3. The van der Waals surface area contributed by atoms with E-state index in [9.17, 15) is 4.79 Å². The monoisotopic (exact) mass is 456 g/mol. The zero-order chi connectivity index (χ0) is 23.3. The third-order valence-electron chi connectivity index (χ3n) is 6.30. The maximum atomic E-state index is 13.0. The Labute approximate surface area is 199 Å². The van der Waals surface area contributed by atoms with Crippen LogP contribution in [-0.2, 0) is 20.7 Å². The number of anilines is 1. The van der Waals surface area contributed by atoms with Gasteiger partial charge in [0.2, 0.25) is 6.29 Å². The van der Waals surface area contributed by atoms with Crippen LogP contribution in [0.3, 0.4) is 0 Å². The summed E-state index contributed by atoms with van der Waals surface area (Å²) in [4.78, 5) is 17.0. The second-order valence-electron chi connectivity index (χ2n) is 8.67. The van der Waals surface area contributed by atoms with Gasteiger partial charge in [-0.3, -0.25) is 9.78 Å². The number of carbonyl (C=O) groups is 1. The van der Waals surface area contributed by atoms with Gasteiger partial charge in [0.15, 0.2) is 5.76 Å². The number of rotatable bonds is 8. The number of aromatic nitrogens is 1. The molecule has 0 bridgehead atoms. The Morgan fingerprint density at radius 1 is 1.09 bits per heavy atom.